The van der Waals surface area contributed by atoms with Crippen molar-refractivity contribution in [3.8, 4) is 0 Å². The van der Waals surface area contributed by atoms with Gasteiger partial charge in [-0.1, -0.05) is 35.3 Å². The smallest absolute Gasteiger partial charge is 0.222 e. The first-order chi connectivity index (χ1) is 7.02. The SMILES string of the molecule is CN(C)C(=O)CCc1cccc(Cl)c1Cl. The molecule has 1 aromatic rings. The lowest BCUT2D eigenvalue weighted by Crippen LogP contribution is -2.21. The Kier molecular flexibility index (Phi) is 4.43. The maximum Gasteiger partial charge on any atom is 0.222 e. The molecule has 4 heteroatoms. The Morgan fingerprint density at radius 3 is 2.60 bits per heavy atom. The van der Waals surface area contributed by atoms with Crippen molar-refractivity contribution in [2.24, 2.45) is 0 Å². The van der Waals surface area contributed by atoms with Crippen LogP contribution in [0.4, 0.5) is 0 Å². The molecule has 1 rings (SSSR count). The largest absolute Gasteiger partial charge is 0.349 e. The van der Waals surface area contributed by atoms with E-state index in [9.17, 15) is 4.79 Å². The average molecular weight is 246 g/mol. The maximum atomic E-state index is 11.4. The monoisotopic (exact) mass is 245 g/mol. The van der Waals surface area contributed by atoms with E-state index in [-0.39, 0.29) is 5.91 Å². The minimum Gasteiger partial charge on any atom is -0.349 e. The van der Waals surface area contributed by atoms with E-state index in [2.05, 4.69) is 0 Å². The molecule has 1 amide bonds. The van der Waals surface area contributed by atoms with Crippen LogP contribution in [0.2, 0.25) is 10.0 Å². The average Bonchev–Trinajstić information content (AvgIpc) is 2.19. The summed E-state index contributed by atoms with van der Waals surface area (Å²) in [5, 5.41) is 1.08. The van der Waals surface area contributed by atoms with Crippen molar-refractivity contribution < 1.29 is 4.79 Å². The summed E-state index contributed by atoms with van der Waals surface area (Å²) < 4.78 is 0. The van der Waals surface area contributed by atoms with Gasteiger partial charge < -0.3 is 4.90 Å². The zero-order chi connectivity index (χ0) is 11.4. The van der Waals surface area contributed by atoms with Crippen LogP contribution in [0.5, 0.6) is 0 Å². The van der Waals surface area contributed by atoms with Gasteiger partial charge in [0.05, 0.1) is 10.0 Å². The molecule has 1 aromatic carbocycles. The van der Waals surface area contributed by atoms with E-state index in [1.807, 2.05) is 12.1 Å². The number of rotatable bonds is 3. The van der Waals surface area contributed by atoms with Crippen molar-refractivity contribution in [2.45, 2.75) is 12.8 Å². The molecule has 0 heterocycles. The summed E-state index contributed by atoms with van der Waals surface area (Å²) in [7, 11) is 3.48. The van der Waals surface area contributed by atoms with Crippen LogP contribution in [0.3, 0.4) is 0 Å². The third-order valence-electron chi connectivity index (χ3n) is 2.14. The normalized spacial score (nSPS) is 10.1. The fourth-order valence-corrected chi connectivity index (χ4v) is 1.62. The molecule has 0 aromatic heterocycles. The molecule has 0 N–H and O–H groups in total. The van der Waals surface area contributed by atoms with Gasteiger partial charge >= 0.3 is 0 Å². The van der Waals surface area contributed by atoms with Crippen molar-refractivity contribution in [3.05, 3.63) is 33.8 Å². The van der Waals surface area contributed by atoms with Crippen molar-refractivity contribution >= 4 is 29.1 Å². The van der Waals surface area contributed by atoms with Crippen LogP contribution >= 0.6 is 23.2 Å². The van der Waals surface area contributed by atoms with Gasteiger partial charge in [0.15, 0.2) is 0 Å². The highest BCUT2D eigenvalue weighted by atomic mass is 35.5. The number of benzene rings is 1. The first-order valence-electron chi connectivity index (χ1n) is 4.65. The Morgan fingerprint density at radius 2 is 2.00 bits per heavy atom. The lowest BCUT2D eigenvalue weighted by atomic mass is 10.1. The molecule has 0 unspecified atom stereocenters. The lowest BCUT2D eigenvalue weighted by Gasteiger charge is -2.10. The first-order valence-corrected chi connectivity index (χ1v) is 5.41. The predicted octanol–water partition coefficient (Wildman–Crippen LogP) is 3.01. The van der Waals surface area contributed by atoms with Gasteiger partial charge in [-0.25, -0.2) is 0 Å². The number of hydrogen-bond donors (Lipinski definition) is 0. The van der Waals surface area contributed by atoms with Gasteiger partial charge in [-0.05, 0) is 18.1 Å². The standard InChI is InChI=1S/C11H13Cl2NO/c1-14(2)10(15)7-6-8-4-3-5-9(12)11(8)13/h3-5H,6-7H2,1-2H3. The minimum atomic E-state index is 0.0889. The highest BCUT2D eigenvalue weighted by Crippen LogP contribution is 2.26. The summed E-state index contributed by atoms with van der Waals surface area (Å²) in [6, 6.07) is 5.46. The van der Waals surface area contributed by atoms with Crippen molar-refractivity contribution in [1.82, 2.24) is 4.90 Å². The number of nitrogens with zero attached hydrogens (tertiary/aromatic N) is 1. The van der Waals surface area contributed by atoms with E-state index in [0.717, 1.165) is 5.56 Å². The number of carbonyl (C=O) groups excluding carboxylic acids is 1. The van der Waals surface area contributed by atoms with Crippen molar-refractivity contribution in [2.75, 3.05) is 14.1 Å². The van der Waals surface area contributed by atoms with Gasteiger partial charge in [0.2, 0.25) is 5.91 Å². The van der Waals surface area contributed by atoms with E-state index in [1.54, 1.807) is 25.1 Å². The van der Waals surface area contributed by atoms with E-state index < -0.39 is 0 Å². The second-order valence-corrected chi connectivity index (χ2v) is 4.29. The maximum absolute atomic E-state index is 11.4. The van der Waals surface area contributed by atoms with E-state index >= 15 is 0 Å². The quantitative estimate of drug-likeness (QED) is 0.802. The Bertz CT molecular complexity index is 364. The fraction of sp³-hybridized carbons (Fsp3) is 0.364. The lowest BCUT2D eigenvalue weighted by molar-refractivity contribution is -0.128. The number of aryl methyl sites for hydroxylation is 1. The molecule has 0 fully saturated rings. The second kappa shape index (κ2) is 5.38. The molecule has 0 atom stereocenters. The predicted molar refractivity (Wildman–Crippen MR) is 63.5 cm³/mol. The van der Waals surface area contributed by atoms with Crippen LogP contribution in [-0.2, 0) is 11.2 Å². The van der Waals surface area contributed by atoms with Crippen LogP contribution in [0, 0.1) is 0 Å². The van der Waals surface area contributed by atoms with Gasteiger partial charge in [-0.3, -0.25) is 4.79 Å². The molecule has 0 saturated carbocycles. The molecule has 0 spiro atoms. The minimum absolute atomic E-state index is 0.0889. The van der Waals surface area contributed by atoms with E-state index in [4.69, 9.17) is 23.2 Å². The molecule has 0 aliphatic rings. The highest BCUT2D eigenvalue weighted by molar-refractivity contribution is 6.42. The van der Waals surface area contributed by atoms with Gasteiger partial charge in [0.25, 0.3) is 0 Å². The van der Waals surface area contributed by atoms with Crippen LogP contribution < -0.4 is 0 Å². The third-order valence-corrected chi connectivity index (χ3v) is 3.00. The van der Waals surface area contributed by atoms with Crippen LogP contribution in [0.1, 0.15) is 12.0 Å². The Morgan fingerprint density at radius 1 is 1.33 bits per heavy atom. The molecular weight excluding hydrogens is 233 g/mol. The van der Waals surface area contributed by atoms with Crippen LogP contribution in [-0.4, -0.2) is 24.9 Å². The molecule has 0 aliphatic carbocycles. The Balaban J connectivity index is 2.66. The van der Waals surface area contributed by atoms with E-state index in [0.29, 0.717) is 22.9 Å². The summed E-state index contributed by atoms with van der Waals surface area (Å²) in [5.74, 6) is 0.0889. The molecule has 82 valence electrons. The molecule has 0 bridgehead atoms. The molecule has 0 saturated heterocycles. The molecule has 0 aliphatic heterocycles. The molecule has 15 heavy (non-hydrogen) atoms. The third kappa shape index (κ3) is 3.40. The van der Waals surface area contributed by atoms with E-state index in [1.165, 1.54) is 0 Å². The molecule has 2 nitrogen and oxygen atoms in total. The first kappa shape index (κ1) is 12.3. The topological polar surface area (TPSA) is 20.3 Å². The summed E-state index contributed by atoms with van der Waals surface area (Å²) in [6.45, 7) is 0. The summed E-state index contributed by atoms with van der Waals surface area (Å²) >= 11 is 11.9. The van der Waals surface area contributed by atoms with Gasteiger partial charge in [-0.2, -0.15) is 0 Å². The van der Waals surface area contributed by atoms with Crippen molar-refractivity contribution in [3.63, 3.8) is 0 Å². The van der Waals surface area contributed by atoms with Crippen molar-refractivity contribution in [1.29, 1.82) is 0 Å². The number of hydrogen-bond acceptors (Lipinski definition) is 1. The summed E-state index contributed by atoms with van der Waals surface area (Å²) in [4.78, 5) is 12.9. The van der Waals surface area contributed by atoms with Gasteiger partial charge in [0, 0.05) is 20.5 Å². The number of halogens is 2. The fourth-order valence-electron chi connectivity index (χ4n) is 1.21. The van der Waals surface area contributed by atoms with Crippen LogP contribution in [0.15, 0.2) is 18.2 Å². The Hall–Kier alpha value is -0.730. The highest BCUT2D eigenvalue weighted by Gasteiger charge is 2.08. The number of carbonyl (C=O) groups is 1. The van der Waals surface area contributed by atoms with Gasteiger partial charge in [0.1, 0.15) is 0 Å². The zero-order valence-electron chi connectivity index (χ0n) is 8.76. The Labute approximate surface area is 99.8 Å². The molecular formula is C11H13Cl2NO. The molecule has 0 radical (unpaired) electrons. The van der Waals surface area contributed by atoms with Crippen LogP contribution in [0.25, 0.3) is 0 Å². The zero-order valence-corrected chi connectivity index (χ0v) is 10.3. The summed E-state index contributed by atoms with van der Waals surface area (Å²) in [6.07, 6.45) is 1.07. The second-order valence-electron chi connectivity index (χ2n) is 3.50. The summed E-state index contributed by atoms with van der Waals surface area (Å²) in [5.41, 5.74) is 0.916. The van der Waals surface area contributed by atoms with Gasteiger partial charge in [-0.15, -0.1) is 0 Å². The number of amides is 1.